The maximum Gasteiger partial charge on any atom is 0.137 e. The first-order valence-electron chi connectivity index (χ1n) is 5.78. The second-order valence-electron chi connectivity index (χ2n) is 4.10. The van der Waals surface area contributed by atoms with E-state index in [1.165, 1.54) is 29.0 Å². The van der Waals surface area contributed by atoms with Gasteiger partial charge in [0.05, 0.1) is 6.61 Å². The lowest BCUT2D eigenvalue weighted by atomic mass is 10.1. The summed E-state index contributed by atoms with van der Waals surface area (Å²) in [7, 11) is 0. The van der Waals surface area contributed by atoms with Crippen LogP contribution in [0.25, 0.3) is 0 Å². The lowest BCUT2D eigenvalue weighted by Gasteiger charge is -2.09. The topological polar surface area (TPSA) is 20.2 Å². The molecule has 0 saturated carbocycles. The lowest BCUT2D eigenvalue weighted by Crippen LogP contribution is -1.93. The number of benzene rings is 2. The Kier molecular flexibility index (Phi) is 4.39. The van der Waals surface area contributed by atoms with E-state index in [1.54, 1.807) is 12.1 Å². The van der Waals surface area contributed by atoms with Crippen LogP contribution < -0.4 is 0 Å². The number of aliphatic hydroxyl groups excluding tert-OH is 1. The predicted octanol–water partition coefficient (Wildman–Crippen LogP) is 3.92. The predicted molar refractivity (Wildman–Crippen MR) is 73.1 cm³/mol. The number of hydrogen-bond donors (Lipinski definition) is 1. The van der Waals surface area contributed by atoms with Crippen molar-refractivity contribution in [2.24, 2.45) is 0 Å². The molecule has 0 fully saturated rings. The van der Waals surface area contributed by atoms with Gasteiger partial charge in [-0.15, -0.1) is 11.8 Å². The molecule has 0 aliphatic rings. The molecular formula is C15H15FOS. The molecule has 94 valence electrons. The fourth-order valence-corrected chi connectivity index (χ4v) is 2.91. The van der Waals surface area contributed by atoms with Crippen molar-refractivity contribution in [3.8, 4) is 0 Å². The third-order valence-electron chi connectivity index (χ3n) is 2.85. The Bertz CT molecular complexity index is 540. The van der Waals surface area contributed by atoms with Crippen molar-refractivity contribution >= 4 is 11.8 Å². The van der Waals surface area contributed by atoms with Crippen molar-refractivity contribution in [2.75, 3.05) is 0 Å². The normalized spacial score (nSPS) is 10.6. The summed E-state index contributed by atoms with van der Waals surface area (Å²) in [4.78, 5) is 0.545. The van der Waals surface area contributed by atoms with Crippen LogP contribution in [0.4, 0.5) is 4.39 Å². The number of aryl methyl sites for hydroxylation is 1. The van der Waals surface area contributed by atoms with Crippen molar-refractivity contribution in [1.82, 2.24) is 0 Å². The molecule has 0 aromatic heterocycles. The molecule has 1 N–H and O–H groups in total. The van der Waals surface area contributed by atoms with Crippen molar-refractivity contribution < 1.29 is 9.50 Å². The van der Waals surface area contributed by atoms with Crippen LogP contribution in [0.2, 0.25) is 0 Å². The molecule has 3 heteroatoms. The SMILES string of the molecule is Cc1ccccc1CSc1c(F)cccc1CO. The first-order chi connectivity index (χ1) is 8.72. The van der Waals surface area contributed by atoms with Gasteiger partial charge in [-0.25, -0.2) is 4.39 Å². The van der Waals surface area contributed by atoms with Gasteiger partial charge in [-0.1, -0.05) is 36.4 Å². The summed E-state index contributed by atoms with van der Waals surface area (Å²) in [5.74, 6) is 0.445. The Balaban J connectivity index is 2.18. The zero-order valence-corrected chi connectivity index (χ0v) is 11.0. The van der Waals surface area contributed by atoms with Crippen molar-refractivity contribution in [1.29, 1.82) is 0 Å². The van der Waals surface area contributed by atoms with E-state index in [0.29, 0.717) is 16.2 Å². The Hall–Kier alpha value is -1.32. The Morgan fingerprint density at radius 3 is 2.50 bits per heavy atom. The fraction of sp³-hybridized carbons (Fsp3) is 0.200. The molecule has 0 amide bonds. The van der Waals surface area contributed by atoms with Crippen LogP contribution in [-0.4, -0.2) is 5.11 Å². The Morgan fingerprint density at radius 1 is 1.06 bits per heavy atom. The number of rotatable bonds is 4. The maximum absolute atomic E-state index is 13.7. The second kappa shape index (κ2) is 6.03. The standard InChI is InChI=1S/C15H15FOS/c1-11-5-2-3-6-13(11)10-18-15-12(9-17)7-4-8-14(15)16/h2-8,17H,9-10H2,1H3. The van der Waals surface area contributed by atoms with E-state index in [0.717, 1.165) is 0 Å². The van der Waals surface area contributed by atoms with Gasteiger partial charge < -0.3 is 5.11 Å². The van der Waals surface area contributed by atoms with Crippen molar-refractivity contribution in [2.45, 2.75) is 24.2 Å². The molecule has 0 bridgehead atoms. The molecule has 2 aromatic carbocycles. The highest BCUT2D eigenvalue weighted by Gasteiger charge is 2.09. The largest absolute Gasteiger partial charge is 0.392 e. The van der Waals surface area contributed by atoms with Crippen molar-refractivity contribution in [3.63, 3.8) is 0 Å². The lowest BCUT2D eigenvalue weighted by molar-refractivity contribution is 0.277. The van der Waals surface area contributed by atoms with Gasteiger partial charge in [-0.2, -0.15) is 0 Å². The summed E-state index contributed by atoms with van der Waals surface area (Å²) < 4.78 is 13.7. The van der Waals surface area contributed by atoms with E-state index in [9.17, 15) is 9.50 Å². The number of aliphatic hydroxyl groups is 1. The van der Waals surface area contributed by atoms with E-state index in [1.807, 2.05) is 31.2 Å². The molecule has 0 unspecified atom stereocenters. The zero-order valence-electron chi connectivity index (χ0n) is 10.2. The van der Waals surface area contributed by atoms with Gasteiger partial charge in [0.1, 0.15) is 5.82 Å². The van der Waals surface area contributed by atoms with Crippen molar-refractivity contribution in [3.05, 3.63) is 65.0 Å². The van der Waals surface area contributed by atoms with Gasteiger partial charge in [0.2, 0.25) is 0 Å². The molecule has 0 radical (unpaired) electrons. The molecule has 0 aliphatic heterocycles. The average Bonchev–Trinajstić information content (AvgIpc) is 2.39. The summed E-state index contributed by atoms with van der Waals surface area (Å²) in [6.45, 7) is 1.91. The van der Waals surface area contributed by atoms with Crippen LogP contribution in [0, 0.1) is 12.7 Å². The van der Waals surface area contributed by atoms with Gasteiger partial charge in [0.15, 0.2) is 0 Å². The Labute approximate surface area is 111 Å². The summed E-state index contributed by atoms with van der Waals surface area (Å²) >= 11 is 1.43. The fourth-order valence-electron chi connectivity index (χ4n) is 1.76. The third-order valence-corrected chi connectivity index (χ3v) is 4.05. The molecule has 18 heavy (non-hydrogen) atoms. The van der Waals surface area contributed by atoms with E-state index >= 15 is 0 Å². The molecule has 0 heterocycles. The monoisotopic (exact) mass is 262 g/mol. The van der Waals surface area contributed by atoms with Crippen LogP contribution in [0.1, 0.15) is 16.7 Å². The molecule has 0 aliphatic carbocycles. The van der Waals surface area contributed by atoms with Gasteiger partial charge >= 0.3 is 0 Å². The van der Waals surface area contributed by atoms with E-state index in [2.05, 4.69) is 0 Å². The minimum absolute atomic E-state index is 0.131. The quantitative estimate of drug-likeness (QED) is 0.843. The zero-order chi connectivity index (χ0) is 13.0. The van der Waals surface area contributed by atoms with Crippen LogP contribution in [-0.2, 0) is 12.4 Å². The molecule has 0 saturated heterocycles. The molecule has 0 atom stereocenters. The second-order valence-corrected chi connectivity index (χ2v) is 5.09. The van der Waals surface area contributed by atoms with Crippen LogP contribution >= 0.6 is 11.8 Å². The average molecular weight is 262 g/mol. The number of halogens is 1. The first-order valence-corrected chi connectivity index (χ1v) is 6.76. The summed E-state index contributed by atoms with van der Waals surface area (Å²) in [5, 5.41) is 9.21. The number of thioether (sulfide) groups is 1. The highest BCUT2D eigenvalue weighted by Crippen LogP contribution is 2.29. The minimum atomic E-state index is -0.264. The molecule has 0 spiro atoms. The highest BCUT2D eigenvalue weighted by molar-refractivity contribution is 7.98. The summed E-state index contributed by atoms with van der Waals surface area (Å²) in [6, 6.07) is 12.9. The minimum Gasteiger partial charge on any atom is -0.392 e. The van der Waals surface area contributed by atoms with Gasteiger partial charge in [0, 0.05) is 10.6 Å². The van der Waals surface area contributed by atoms with Crippen LogP contribution in [0.3, 0.4) is 0 Å². The van der Waals surface area contributed by atoms with Crippen LogP contribution in [0.5, 0.6) is 0 Å². The van der Waals surface area contributed by atoms with E-state index in [4.69, 9.17) is 0 Å². The summed E-state index contributed by atoms with van der Waals surface area (Å²) in [5.41, 5.74) is 3.04. The highest BCUT2D eigenvalue weighted by atomic mass is 32.2. The van der Waals surface area contributed by atoms with Gasteiger partial charge in [-0.3, -0.25) is 0 Å². The maximum atomic E-state index is 13.7. The van der Waals surface area contributed by atoms with E-state index in [-0.39, 0.29) is 12.4 Å². The molecule has 1 nitrogen and oxygen atoms in total. The Morgan fingerprint density at radius 2 is 1.78 bits per heavy atom. The first kappa shape index (κ1) is 13.1. The molecular weight excluding hydrogens is 247 g/mol. The van der Waals surface area contributed by atoms with E-state index < -0.39 is 0 Å². The summed E-state index contributed by atoms with van der Waals surface area (Å²) in [6.07, 6.45) is 0. The van der Waals surface area contributed by atoms with Gasteiger partial charge in [-0.05, 0) is 29.7 Å². The van der Waals surface area contributed by atoms with Crippen LogP contribution in [0.15, 0.2) is 47.4 Å². The smallest absolute Gasteiger partial charge is 0.137 e. The third kappa shape index (κ3) is 2.92. The number of hydrogen-bond acceptors (Lipinski definition) is 2. The van der Waals surface area contributed by atoms with Gasteiger partial charge in [0.25, 0.3) is 0 Å². The molecule has 2 aromatic rings. The molecule has 2 rings (SSSR count).